The van der Waals surface area contributed by atoms with Gasteiger partial charge in [-0.2, -0.15) is 5.10 Å². The summed E-state index contributed by atoms with van der Waals surface area (Å²) in [5, 5.41) is 7.59. The van der Waals surface area contributed by atoms with Crippen LogP contribution < -0.4 is 5.32 Å². The Morgan fingerprint density at radius 2 is 1.89 bits per heavy atom. The second-order valence-corrected chi connectivity index (χ2v) is 6.00. The van der Waals surface area contributed by atoms with Crippen molar-refractivity contribution in [2.45, 2.75) is 6.92 Å². The number of amides is 1. The number of pyridine rings is 1. The molecule has 1 N–H and O–H groups in total. The van der Waals surface area contributed by atoms with E-state index in [0.29, 0.717) is 11.5 Å². The highest BCUT2D eigenvalue weighted by molar-refractivity contribution is 6.05. The number of benzene rings is 2. The number of anilines is 1. The Labute approximate surface area is 153 Å². The van der Waals surface area contributed by atoms with Crippen molar-refractivity contribution >= 4 is 22.5 Å². The van der Waals surface area contributed by atoms with Crippen molar-refractivity contribution in [3.8, 4) is 5.82 Å². The van der Waals surface area contributed by atoms with Gasteiger partial charge in [0.25, 0.3) is 5.91 Å². The van der Waals surface area contributed by atoms with Gasteiger partial charge in [-0.15, -0.1) is 0 Å². The molecule has 2 aromatic carbocycles. The van der Waals surface area contributed by atoms with E-state index in [2.05, 4.69) is 15.4 Å². The van der Waals surface area contributed by atoms with Crippen LogP contribution in [0.4, 0.5) is 14.5 Å². The van der Waals surface area contributed by atoms with Crippen molar-refractivity contribution < 1.29 is 13.6 Å². The van der Waals surface area contributed by atoms with Gasteiger partial charge in [0.15, 0.2) is 5.82 Å². The Hall–Kier alpha value is -3.61. The molecule has 0 spiro atoms. The lowest BCUT2D eigenvalue weighted by molar-refractivity contribution is 0.102. The van der Waals surface area contributed by atoms with Crippen molar-refractivity contribution in [2.75, 3.05) is 5.32 Å². The molecule has 2 heterocycles. The van der Waals surface area contributed by atoms with Crippen molar-refractivity contribution in [3.63, 3.8) is 0 Å². The molecule has 0 unspecified atom stereocenters. The average Bonchev–Trinajstić information content (AvgIpc) is 3.06. The predicted octanol–water partition coefficient (Wildman–Crippen LogP) is 4.26. The van der Waals surface area contributed by atoms with Crippen LogP contribution in [0.15, 0.2) is 60.8 Å². The molecule has 0 aliphatic rings. The minimum Gasteiger partial charge on any atom is -0.319 e. The molecule has 7 heteroatoms. The van der Waals surface area contributed by atoms with Gasteiger partial charge in [0.05, 0.1) is 28.7 Å². The van der Waals surface area contributed by atoms with E-state index in [1.165, 1.54) is 10.9 Å². The zero-order valence-corrected chi connectivity index (χ0v) is 14.3. The van der Waals surface area contributed by atoms with E-state index in [0.717, 1.165) is 29.1 Å². The number of aromatic nitrogens is 3. The van der Waals surface area contributed by atoms with Gasteiger partial charge < -0.3 is 5.32 Å². The molecule has 2 aromatic heterocycles. The van der Waals surface area contributed by atoms with Crippen LogP contribution >= 0.6 is 0 Å². The maximum absolute atomic E-state index is 13.8. The molecule has 27 heavy (non-hydrogen) atoms. The molecule has 0 aliphatic carbocycles. The molecule has 0 aliphatic heterocycles. The molecule has 0 atom stereocenters. The molecule has 0 saturated heterocycles. The second-order valence-electron chi connectivity index (χ2n) is 6.00. The van der Waals surface area contributed by atoms with Crippen molar-refractivity contribution in [1.82, 2.24) is 14.8 Å². The highest BCUT2D eigenvalue weighted by atomic mass is 19.1. The molecule has 1 amide bonds. The Bertz CT molecular complexity index is 1170. The number of halogens is 2. The van der Waals surface area contributed by atoms with E-state index in [4.69, 9.17) is 0 Å². The molecular weight excluding hydrogens is 350 g/mol. The number of carbonyl (C=O) groups excluding carboxylic acids is 1. The Balaban J connectivity index is 1.66. The van der Waals surface area contributed by atoms with Crippen molar-refractivity contribution in [1.29, 1.82) is 0 Å². The Morgan fingerprint density at radius 1 is 1.07 bits per heavy atom. The van der Waals surface area contributed by atoms with Gasteiger partial charge in [0, 0.05) is 11.5 Å². The van der Waals surface area contributed by atoms with Crippen molar-refractivity contribution in [3.05, 3.63) is 83.7 Å². The number of fused-ring (bicyclic) bond motifs is 1. The van der Waals surface area contributed by atoms with E-state index >= 15 is 0 Å². The number of nitrogens with one attached hydrogen (secondary N) is 1. The number of para-hydroxylation sites is 1. The summed E-state index contributed by atoms with van der Waals surface area (Å²) < 4.78 is 28.6. The fourth-order valence-corrected chi connectivity index (χ4v) is 2.82. The molecule has 5 nitrogen and oxygen atoms in total. The summed E-state index contributed by atoms with van der Waals surface area (Å²) >= 11 is 0. The topological polar surface area (TPSA) is 59.8 Å². The zero-order chi connectivity index (χ0) is 19.0. The quantitative estimate of drug-likeness (QED) is 0.591. The van der Waals surface area contributed by atoms with Crippen LogP contribution in [0, 0.1) is 18.6 Å². The third-order valence-corrected chi connectivity index (χ3v) is 4.23. The minimum atomic E-state index is -0.717. The summed E-state index contributed by atoms with van der Waals surface area (Å²) in [6.45, 7) is 1.71. The predicted molar refractivity (Wildman–Crippen MR) is 97.9 cm³/mol. The first-order valence-electron chi connectivity index (χ1n) is 8.20. The van der Waals surface area contributed by atoms with Gasteiger partial charge in [0.1, 0.15) is 11.6 Å². The number of carbonyl (C=O) groups is 1. The third-order valence-electron chi connectivity index (χ3n) is 4.23. The van der Waals surface area contributed by atoms with Crippen LogP contribution in [0.25, 0.3) is 16.7 Å². The van der Waals surface area contributed by atoms with Gasteiger partial charge in [-0.1, -0.05) is 18.2 Å². The number of hydrogen-bond donors (Lipinski definition) is 1. The molecule has 134 valence electrons. The van der Waals surface area contributed by atoms with Gasteiger partial charge in [0.2, 0.25) is 0 Å². The van der Waals surface area contributed by atoms with E-state index < -0.39 is 17.5 Å². The minimum absolute atomic E-state index is 0.226. The van der Waals surface area contributed by atoms with Gasteiger partial charge in [-0.05, 0) is 37.3 Å². The molecule has 0 fully saturated rings. The number of rotatable bonds is 3. The van der Waals surface area contributed by atoms with E-state index in [-0.39, 0.29) is 11.3 Å². The zero-order valence-electron chi connectivity index (χ0n) is 14.3. The summed E-state index contributed by atoms with van der Waals surface area (Å²) in [5.41, 5.74) is 1.36. The monoisotopic (exact) mass is 364 g/mol. The lowest BCUT2D eigenvalue weighted by Crippen LogP contribution is -2.14. The fourth-order valence-electron chi connectivity index (χ4n) is 2.82. The highest BCUT2D eigenvalue weighted by Crippen LogP contribution is 2.20. The summed E-state index contributed by atoms with van der Waals surface area (Å²) in [7, 11) is 0. The first-order chi connectivity index (χ1) is 13.0. The second kappa shape index (κ2) is 6.60. The number of nitrogens with zero attached hydrogens (tertiary/aromatic N) is 3. The number of hydrogen-bond acceptors (Lipinski definition) is 3. The summed E-state index contributed by atoms with van der Waals surface area (Å²) in [6.07, 6.45) is 1.37. The van der Waals surface area contributed by atoms with E-state index in [9.17, 15) is 13.6 Å². The van der Waals surface area contributed by atoms with Gasteiger partial charge >= 0.3 is 0 Å². The SMILES string of the molecule is Cc1c(C(=O)Nc2cc(F)ccc2F)cnn1-c1ccc2ccccc2n1. The summed E-state index contributed by atoms with van der Waals surface area (Å²) in [5.74, 6) is -1.38. The van der Waals surface area contributed by atoms with Crippen molar-refractivity contribution in [2.24, 2.45) is 0 Å². The fraction of sp³-hybridized carbons (Fsp3) is 0.0500. The van der Waals surface area contributed by atoms with Crippen LogP contribution in [-0.2, 0) is 0 Å². The van der Waals surface area contributed by atoms with Crippen LogP contribution in [0.1, 0.15) is 16.1 Å². The molecule has 0 radical (unpaired) electrons. The van der Waals surface area contributed by atoms with E-state index in [1.807, 2.05) is 30.3 Å². The lowest BCUT2D eigenvalue weighted by atomic mass is 10.2. The smallest absolute Gasteiger partial charge is 0.259 e. The first-order valence-corrected chi connectivity index (χ1v) is 8.20. The maximum atomic E-state index is 13.8. The largest absolute Gasteiger partial charge is 0.319 e. The molecular formula is C20H14F2N4O. The standard InChI is InChI=1S/C20H14F2N4O/c1-12-15(20(27)25-18-10-14(21)7-8-16(18)22)11-23-26(12)19-9-6-13-4-2-3-5-17(13)24-19/h2-11H,1H3,(H,25,27). The summed E-state index contributed by atoms with van der Waals surface area (Å²) in [6, 6.07) is 14.2. The van der Waals surface area contributed by atoms with Crippen LogP contribution in [0.3, 0.4) is 0 Å². The normalized spacial score (nSPS) is 10.9. The van der Waals surface area contributed by atoms with Gasteiger partial charge in [-0.25, -0.2) is 18.4 Å². The molecule has 4 rings (SSSR count). The van der Waals surface area contributed by atoms with Gasteiger partial charge in [-0.3, -0.25) is 4.79 Å². The van der Waals surface area contributed by atoms with Crippen LogP contribution in [-0.4, -0.2) is 20.7 Å². The summed E-state index contributed by atoms with van der Waals surface area (Å²) in [4.78, 5) is 17.0. The lowest BCUT2D eigenvalue weighted by Gasteiger charge is -2.08. The maximum Gasteiger partial charge on any atom is 0.259 e. The van der Waals surface area contributed by atoms with Crippen LogP contribution in [0.5, 0.6) is 0 Å². The molecule has 0 bridgehead atoms. The van der Waals surface area contributed by atoms with Crippen LogP contribution in [0.2, 0.25) is 0 Å². The average molecular weight is 364 g/mol. The molecule has 0 saturated carbocycles. The third kappa shape index (κ3) is 3.15. The first kappa shape index (κ1) is 16.8. The Kier molecular flexibility index (Phi) is 4.12. The highest BCUT2D eigenvalue weighted by Gasteiger charge is 2.17. The molecule has 4 aromatic rings. The Morgan fingerprint density at radius 3 is 2.74 bits per heavy atom. The van der Waals surface area contributed by atoms with E-state index in [1.54, 1.807) is 13.0 Å².